The molecule has 2 amide bonds. The molecule has 3 aromatic carbocycles. The van der Waals surface area contributed by atoms with E-state index in [0.29, 0.717) is 17.8 Å². The number of anilines is 1. The third-order valence-electron chi connectivity index (χ3n) is 6.03. The number of carbonyl (C=O) groups is 2. The van der Waals surface area contributed by atoms with Crippen molar-refractivity contribution in [1.29, 1.82) is 0 Å². The van der Waals surface area contributed by atoms with Crippen molar-refractivity contribution in [3.8, 4) is 0 Å². The molecule has 0 saturated carbocycles. The second kappa shape index (κ2) is 12.4. The van der Waals surface area contributed by atoms with Gasteiger partial charge in [-0.2, -0.15) is 0 Å². The van der Waals surface area contributed by atoms with Crippen LogP contribution in [0.4, 0.5) is 5.69 Å². The maximum Gasteiger partial charge on any atom is 0.264 e. The Balaban J connectivity index is 2.04. The summed E-state index contributed by atoms with van der Waals surface area (Å²) in [5.41, 5.74) is 2.85. The van der Waals surface area contributed by atoms with Crippen molar-refractivity contribution in [1.82, 2.24) is 10.2 Å². The van der Waals surface area contributed by atoms with Gasteiger partial charge in [0.15, 0.2) is 0 Å². The van der Waals surface area contributed by atoms with E-state index in [0.717, 1.165) is 19.9 Å². The Kier molecular flexibility index (Phi) is 9.50. The third-order valence-corrected chi connectivity index (χ3v) is 8.30. The Morgan fingerprint density at radius 1 is 0.973 bits per heavy atom. The number of para-hydroxylation sites is 1. The highest BCUT2D eigenvalue weighted by Gasteiger charge is 2.33. The van der Waals surface area contributed by atoms with E-state index in [2.05, 4.69) is 21.2 Å². The van der Waals surface area contributed by atoms with E-state index >= 15 is 0 Å². The SMILES string of the molecule is CCNC(=O)[C@@H](C)N(Cc1cccc(Br)c1)C(=O)CN(c1ccccc1C)S(=O)(=O)c1ccc(C)cc1. The number of hydrogen-bond acceptors (Lipinski definition) is 4. The molecule has 0 saturated heterocycles. The summed E-state index contributed by atoms with van der Waals surface area (Å²) < 4.78 is 29.6. The molecule has 0 aliphatic carbocycles. The van der Waals surface area contributed by atoms with Gasteiger partial charge in [-0.15, -0.1) is 0 Å². The number of aryl methyl sites for hydroxylation is 2. The lowest BCUT2D eigenvalue weighted by molar-refractivity contribution is -0.139. The number of rotatable bonds is 10. The second-order valence-corrected chi connectivity index (χ2v) is 11.6. The number of nitrogens with one attached hydrogen (secondary N) is 1. The van der Waals surface area contributed by atoms with Gasteiger partial charge in [0.05, 0.1) is 10.6 Å². The van der Waals surface area contributed by atoms with Crippen molar-refractivity contribution in [2.24, 2.45) is 0 Å². The van der Waals surface area contributed by atoms with Crippen LogP contribution in [0.25, 0.3) is 0 Å². The Bertz CT molecular complexity index is 1360. The zero-order chi connectivity index (χ0) is 27.2. The van der Waals surface area contributed by atoms with Gasteiger partial charge >= 0.3 is 0 Å². The standard InChI is InChI=1S/C28H32BrN3O4S/c1-5-30-28(34)22(4)31(18-23-10-8-11-24(29)17-23)27(33)19-32(26-12-7-6-9-21(26)3)37(35,36)25-15-13-20(2)14-16-25/h6-17,22H,5,18-19H2,1-4H3,(H,30,34)/t22-/m1/s1. The number of nitrogens with zero attached hydrogens (tertiary/aromatic N) is 2. The Morgan fingerprint density at radius 2 is 1.65 bits per heavy atom. The van der Waals surface area contributed by atoms with Crippen molar-refractivity contribution in [3.05, 3.63) is 94.0 Å². The smallest absolute Gasteiger partial charge is 0.264 e. The molecule has 1 N–H and O–H groups in total. The van der Waals surface area contributed by atoms with Crippen LogP contribution in [0.2, 0.25) is 0 Å². The summed E-state index contributed by atoms with van der Waals surface area (Å²) in [6, 6.07) is 20.2. The van der Waals surface area contributed by atoms with Gasteiger partial charge in [-0.3, -0.25) is 13.9 Å². The summed E-state index contributed by atoms with van der Waals surface area (Å²) in [6.07, 6.45) is 0. The topological polar surface area (TPSA) is 86.8 Å². The zero-order valence-electron chi connectivity index (χ0n) is 21.4. The average Bonchev–Trinajstić information content (AvgIpc) is 2.86. The van der Waals surface area contributed by atoms with E-state index in [-0.39, 0.29) is 17.3 Å². The summed E-state index contributed by atoms with van der Waals surface area (Å²) in [4.78, 5) is 28.1. The van der Waals surface area contributed by atoms with E-state index in [9.17, 15) is 18.0 Å². The maximum atomic E-state index is 13.8. The summed E-state index contributed by atoms with van der Waals surface area (Å²) in [7, 11) is -4.08. The molecule has 196 valence electrons. The van der Waals surface area contributed by atoms with E-state index in [1.165, 1.54) is 17.0 Å². The van der Waals surface area contributed by atoms with Gasteiger partial charge in [0.1, 0.15) is 12.6 Å². The van der Waals surface area contributed by atoms with Crippen molar-refractivity contribution in [2.45, 2.75) is 45.2 Å². The van der Waals surface area contributed by atoms with Crippen LogP contribution in [0, 0.1) is 13.8 Å². The fourth-order valence-corrected chi connectivity index (χ4v) is 5.86. The molecule has 0 aliphatic rings. The van der Waals surface area contributed by atoms with Crippen molar-refractivity contribution < 1.29 is 18.0 Å². The van der Waals surface area contributed by atoms with E-state index in [4.69, 9.17) is 0 Å². The van der Waals surface area contributed by atoms with E-state index < -0.39 is 28.5 Å². The minimum atomic E-state index is -4.08. The lowest BCUT2D eigenvalue weighted by atomic mass is 10.1. The van der Waals surface area contributed by atoms with E-state index in [1.807, 2.05) is 37.3 Å². The molecule has 3 aromatic rings. The quantitative estimate of drug-likeness (QED) is 0.370. The van der Waals surface area contributed by atoms with Crippen LogP contribution in [-0.2, 0) is 26.2 Å². The Labute approximate surface area is 227 Å². The lowest BCUT2D eigenvalue weighted by Gasteiger charge is -2.32. The summed E-state index contributed by atoms with van der Waals surface area (Å²) in [5.74, 6) is -0.799. The molecule has 7 nitrogen and oxygen atoms in total. The number of hydrogen-bond donors (Lipinski definition) is 1. The highest BCUT2D eigenvalue weighted by atomic mass is 79.9. The van der Waals surface area contributed by atoms with Crippen LogP contribution < -0.4 is 9.62 Å². The number of benzene rings is 3. The van der Waals surface area contributed by atoms with E-state index in [1.54, 1.807) is 51.1 Å². The Morgan fingerprint density at radius 3 is 2.27 bits per heavy atom. The number of amides is 2. The second-order valence-electron chi connectivity index (χ2n) is 8.83. The predicted molar refractivity (Wildman–Crippen MR) is 150 cm³/mol. The highest BCUT2D eigenvalue weighted by Crippen LogP contribution is 2.27. The zero-order valence-corrected chi connectivity index (χ0v) is 23.8. The third kappa shape index (κ3) is 6.99. The van der Waals surface area contributed by atoms with Crippen LogP contribution >= 0.6 is 15.9 Å². The highest BCUT2D eigenvalue weighted by molar-refractivity contribution is 9.10. The first-order valence-electron chi connectivity index (χ1n) is 12.0. The number of sulfonamides is 1. The maximum absolute atomic E-state index is 13.8. The molecule has 1 atom stereocenters. The Hall–Kier alpha value is -3.17. The molecule has 0 fully saturated rings. The number of likely N-dealkylation sites (N-methyl/N-ethyl adjacent to an activating group) is 1. The van der Waals surface area contributed by atoms with Gasteiger partial charge in [0.25, 0.3) is 10.0 Å². The van der Waals surface area contributed by atoms with Crippen LogP contribution in [0.5, 0.6) is 0 Å². The van der Waals surface area contributed by atoms with Crippen LogP contribution in [-0.4, -0.2) is 44.3 Å². The van der Waals surface area contributed by atoms with Crippen molar-refractivity contribution in [2.75, 3.05) is 17.4 Å². The first-order valence-corrected chi connectivity index (χ1v) is 14.2. The molecule has 0 aliphatic heterocycles. The van der Waals surface area contributed by atoms with Crippen molar-refractivity contribution >= 4 is 43.5 Å². The largest absolute Gasteiger partial charge is 0.355 e. The number of carbonyl (C=O) groups excluding carboxylic acids is 2. The molecule has 0 aromatic heterocycles. The van der Waals surface area contributed by atoms with Crippen LogP contribution in [0.15, 0.2) is 82.2 Å². The summed E-state index contributed by atoms with van der Waals surface area (Å²) in [5, 5.41) is 2.76. The number of halogens is 1. The molecular weight excluding hydrogens is 554 g/mol. The molecule has 3 rings (SSSR count). The monoisotopic (exact) mass is 585 g/mol. The van der Waals surface area contributed by atoms with Crippen molar-refractivity contribution in [3.63, 3.8) is 0 Å². The summed E-state index contributed by atoms with van der Waals surface area (Å²) in [6.45, 7) is 7.23. The average molecular weight is 587 g/mol. The van der Waals surface area contributed by atoms with Gasteiger partial charge in [-0.05, 0) is 69.2 Å². The fourth-order valence-electron chi connectivity index (χ4n) is 3.93. The van der Waals surface area contributed by atoms with Gasteiger partial charge in [0, 0.05) is 17.6 Å². The van der Waals surface area contributed by atoms with Gasteiger partial charge in [0.2, 0.25) is 11.8 Å². The first-order chi connectivity index (χ1) is 17.5. The molecule has 37 heavy (non-hydrogen) atoms. The molecule has 0 heterocycles. The molecule has 0 radical (unpaired) electrons. The minimum Gasteiger partial charge on any atom is -0.355 e. The van der Waals surface area contributed by atoms with Crippen LogP contribution in [0.3, 0.4) is 0 Å². The van der Waals surface area contributed by atoms with Gasteiger partial charge in [-0.25, -0.2) is 8.42 Å². The molecule has 0 bridgehead atoms. The lowest BCUT2D eigenvalue weighted by Crippen LogP contribution is -2.51. The molecular formula is C28H32BrN3O4S. The fraction of sp³-hybridized carbons (Fsp3) is 0.286. The molecule has 0 spiro atoms. The predicted octanol–water partition coefficient (Wildman–Crippen LogP) is 4.81. The molecule has 9 heteroatoms. The first kappa shape index (κ1) is 28.4. The van der Waals surface area contributed by atoms with Gasteiger partial charge < -0.3 is 10.2 Å². The molecule has 0 unspecified atom stereocenters. The minimum absolute atomic E-state index is 0.0875. The van der Waals surface area contributed by atoms with Crippen LogP contribution in [0.1, 0.15) is 30.5 Å². The summed E-state index contributed by atoms with van der Waals surface area (Å²) >= 11 is 3.45. The van der Waals surface area contributed by atoms with Gasteiger partial charge in [-0.1, -0.05) is 64.0 Å². The normalized spacial score (nSPS) is 12.0.